The fourth-order valence-corrected chi connectivity index (χ4v) is 5.38. The first-order valence-corrected chi connectivity index (χ1v) is 10.8. The first-order valence-electron chi connectivity index (χ1n) is 9.03. The summed E-state index contributed by atoms with van der Waals surface area (Å²) in [6.45, 7) is 4.35. The summed E-state index contributed by atoms with van der Waals surface area (Å²) in [4.78, 5) is 25.1. The highest BCUT2D eigenvalue weighted by atomic mass is 32.1. The average Bonchev–Trinajstić information content (AvgIpc) is 3.23. The zero-order valence-corrected chi connectivity index (χ0v) is 16.1. The second-order valence-electron chi connectivity index (χ2n) is 6.74. The lowest BCUT2D eigenvalue weighted by molar-refractivity contribution is 0.185. The van der Waals surface area contributed by atoms with E-state index in [0.717, 1.165) is 39.6 Å². The zero-order valence-electron chi connectivity index (χ0n) is 14.5. The maximum Gasteiger partial charge on any atom is 0.260 e. The van der Waals surface area contributed by atoms with Crippen LogP contribution in [0.5, 0.6) is 0 Å². The molecule has 0 radical (unpaired) electrons. The minimum absolute atomic E-state index is 0.0106. The molecule has 1 aliphatic rings. The van der Waals surface area contributed by atoms with Gasteiger partial charge >= 0.3 is 0 Å². The molecule has 0 amide bonds. The Kier molecular flexibility index (Phi) is 5.01. The Bertz CT molecular complexity index is 889. The van der Waals surface area contributed by atoms with Gasteiger partial charge in [-0.05, 0) is 44.3 Å². The van der Waals surface area contributed by atoms with Crippen molar-refractivity contribution in [2.75, 3.05) is 13.1 Å². The number of fused-ring (bicyclic) bond motifs is 1. The molecule has 1 atom stereocenters. The van der Waals surface area contributed by atoms with Gasteiger partial charge < -0.3 is 4.98 Å². The van der Waals surface area contributed by atoms with E-state index in [1.807, 2.05) is 11.4 Å². The quantitative estimate of drug-likeness (QED) is 0.700. The van der Waals surface area contributed by atoms with E-state index < -0.39 is 0 Å². The highest BCUT2D eigenvalue weighted by Gasteiger charge is 2.21. The predicted molar refractivity (Wildman–Crippen MR) is 107 cm³/mol. The summed E-state index contributed by atoms with van der Waals surface area (Å²) in [6, 6.07) is 4.23. The van der Waals surface area contributed by atoms with Gasteiger partial charge in [-0.3, -0.25) is 9.69 Å². The van der Waals surface area contributed by atoms with Gasteiger partial charge in [-0.25, -0.2) is 4.98 Å². The van der Waals surface area contributed by atoms with Gasteiger partial charge in [-0.1, -0.05) is 25.3 Å². The van der Waals surface area contributed by atoms with Crippen molar-refractivity contribution in [2.45, 2.75) is 45.1 Å². The van der Waals surface area contributed by atoms with Gasteiger partial charge in [-0.2, -0.15) is 0 Å². The first-order chi connectivity index (χ1) is 12.2. The van der Waals surface area contributed by atoms with Crippen LogP contribution in [0.1, 0.15) is 50.9 Å². The molecular formula is C19H23N3OS2. The Labute approximate surface area is 155 Å². The molecular weight excluding hydrogens is 350 g/mol. The minimum atomic E-state index is -0.0106. The van der Waals surface area contributed by atoms with Gasteiger partial charge in [0.1, 0.15) is 10.7 Å². The van der Waals surface area contributed by atoms with Crippen molar-refractivity contribution in [2.24, 2.45) is 0 Å². The summed E-state index contributed by atoms with van der Waals surface area (Å²) in [5.41, 5.74) is 0.998. The second kappa shape index (κ2) is 7.40. The number of hydrogen-bond acceptors (Lipinski definition) is 5. The van der Waals surface area contributed by atoms with Crippen LogP contribution in [0.2, 0.25) is 0 Å². The molecule has 132 valence electrons. The number of aromatic amines is 1. The van der Waals surface area contributed by atoms with E-state index in [1.165, 1.54) is 32.1 Å². The topological polar surface area (TPSA) is 49.0 Å². The number of nitrogens with zero attached hydrogens (tertiary/aromatic N) is 2. The van der Waals surface area contributed by atoms with Crippen LogP contribution in [0, 0.1) is 0 Å². The minimum Gasteiger partial charge on any atom is -0.309 e. The SMILES string of the molecule is C[C@@H](c1nc2scc(-c3cccs3)c2c(=O)[nH]1)N1CCCCCCC1. The van der Waals surface area contributed by atoms with Gasteiger partial charge in [0.2, 0.25) is 0 Å². The summed E-state index contributed by atoms with van der Waals surface area (Å²) in [5, 5.41) is 4.83. The Morgan fingerprint density at radius 2 is 1.92 bits per heavy atom. The van der Waals surface area contributed by atoms with Gasteiger partial charge in [0.25, 0.3) is 5.56 Å². The third-order valence-corrected chi connectivity index (χ3v) is 6.86. The average molecular weight is 374 g/mol. The van der Waals surface area contributed by atoms with E-state index >= 15 is 0 Å². The van der Waals surface area contributed by atoms with Crippen molar-refractivity contribution in [3.8, 4) is 10.4 Å². The summed E-state index contributed by atoms with van der Waals surface area (Å²) in [6.07, 6.45) is 6.43. The molecule has 3 aromatic heterocycles. The van der Waals surface area contributed by atoms with Crippen molar-refractivity contribution >= 4 is 32.9 Å². The molecule has 4 nitrogen and oxygen atoms in total. The molecule has 25 heavy (non-hydrogen) atoms. The molecule has 0 aromatic carbocycles. The highest BCUT2D eigenvalue weighted by molar-refractivity contribution is 7.18. The monoisotopic (exact) mass is 373 g/mol. The van der Waals surface area contributed by atoms with Gasteiger partial charge in [0.05, 0.1) is 11.4 Å². The summed E-state index contributed by atoms with van der Waals surface area (Å²) >= 11 is 3.23. The highest BCUT2D eigenvalue weighted by Crippen LogP contribution is 2.34. The molecule has 6 heteroatoms. The first kappa shape index (κ1) is 16.9. The molecule has 0 aliphatic carbocycles. The lowest BCUT2D eigenvalue weighted by Gasteiger charge is -2.29. The molecule has 1 N–H and O–H groups in total. The third kappa shape index (κ3) is 3.43. The van der Waals surface area contributed by atoms with E-state index in [-0.39, 0.29) is 11.6 Å². The fourth-order valence-electron chi connectivity index (χ4n) is 3.61. The largest absolute Gasteiger partial charge is 0.309 e. The van der Waals surface area contributed by atoms with Gasteiger partial charge in [0.15, 0.2) is 0 Å². The van der Waals surface area contributed by atoms with Gasteiger partial charge in [0, 0.05) is 15.8 Å². The van der Waals surface area contributed by atoms with Crippen molar-refractivity contribution in [1.82, 2.24) is 14.9 Å². The fraction of sp³-hybridized carbons (Fsp3) is 0.474. The maximum atomic E-state index is 12.8. The van der Waals surface area contributed by atoms with Crippen LogP contribution in [0.15, 0.2) is 27.7 Å². The number of H-pyrrole nitrogens is 1. The predicted octanol–water partition coefficient (Wildman–Crippen LogP) is 5.04. The standard InChI is InChI=1S/C19H23N3OS2/c1-13(22-9-5-3-2-4-6-10-22)17-20-18(23)16-14(12-25-19(16)21-17)15-8-7-11-24-15/h7-8,11-13H,2-6,9-10H2,1H3,(H,20,21,23)/t13-/m0/s1. The number of hydrogen-bond donors (Lipinski definition) is 1. The number of thiophene rings is 2. The molecule has 1 saturated heterocycles. The molecule has 0 spiro atoms. The van der Waals surface area contributed by atoms with Crippen LogP contribution in [-0.2, 0) is 0 Å². The van der Waals surface area contributed by atoms with E-state index in [9.17, 15) is 4.79 Å². The number of nitrogens with one attached hydrogen (secondary N) is 1. The summed E-state index contributed by atoms with van der Waals surface area (Å²) in [7, 11) is 0. The Hall–Kier alpha value is -1.50. The molecule has 4 heterocycles. The number of likely N-dealkylation sites (tertiary alicyclic amines) is 1. The number of rotatable bonds is 3. The lowest BCUT2D eigenvalue weighted by Crippen LogP contribution is -2.32. The van der Waals surface area contributed by atoms with Crippen LogP contribution in [0.3, 0.4) is 0 Å². The second-order valence-corrected chi connectivity index (χ2v) is 8.54. The Balaban J connectivity index is 1.68. The van der Waals surface area contributed by atoms with Crippen LogP contribution in [-0.4, -0.2) is 28.0 Å². The van der Waals surface area contributed by atoms with Crippen molar-refractivity contribution < 1.29 is 0 Å². The van der Waals surface area contributed by atoms with Crippen molar-refractivity contribution in [1.29, 1.82) is 0 Å². The summed E-state index contributed by atoms with van der Waals surface area (Å²) in [5.74, 6) is 0.803. The molecule has 1 fully saturated rings. The zero-order chi connectivity index (χ0) is 17.2. The van der Waals surface area contributed by atoms with Crippen LogP contribution >= 0.6 is 22.7 Å². The van der Waals surface area contributed by atoms with E-state index in [4.69, 9.17) is 4.98 Å². The molecule has 4 rings (SSSR count). The summed E-state index contributed by atoms with van der Waals surface area (Å²) < 4.78 is 0. The van der Waals surface area contributed by atoms with Crippen LogP contribution in [0.4, 0.5) is 0 Å². The van der Waals surface area contributed by atoms with E-state index in [0.29, 0.717) is 0 Å². The van der Waals surface area contributed by atoms with Crippen LogP contribution in [0.25, 0.3) is 20.7 Å². The maximum absolute atomic E-state index is 12.8. The Morgan fingerprint density at radius 1 is 1.16 bits per heavy atom. The molecule has 0 bridgehead atoms. The van der Waals surface area contributed by atoms with Gasteiger partial charge in [-0.15, -0.1) is 22.7 Å². The van der Waals surface area contributed by atoms with Crippen molar-refractivity contribution in [3.05, 3.63) is 39.1 Å². The van der Waals surface area contributed by atoms with E-state index in [1.54, 1.807) is 22.7 Å². The normalized spacial score (nSPS) is 18.1. The van der Waals surface area contributed by atoms with Crippen molar-refractivity contribution in [3.63, 3.8) is 0 Å². The molecule has 3 aromatic rings. The lowest BCUT2D eigenvalue weighted by atomic mass is 10.1. The number of aromatic nitrogens is 2. The third-order valence-electron chi connectivity index (χ3n) is 5.08. The molecule has 1 aliphatic heterocycles. The van der Waals surface area contributed by atoms with Crippen LogP contribution < -0.4 is 5.56 Å². The molecule has 0 unspecified atom stereocenters. The molecule has 0 saturated carbocycles. The smallest absolute Gasteiger partial charge is 0.260 e. The van der Waals surface area contributed by atoms with E-state index in [2.05, 4.69) is 28.3 Å². The Morgan fingerprint density at radius 3 is 2.64 bits per heavy atom.